The third-order valence-electron chi connectivity index (χ3n) is 4.27. The molecule has 0 bridgehead atoms. The summed E-state index contributed by atoms with van der Waals surface area (Å²) in [5.41, 5.74) is 3.08. The van der Waals surface area contributed by atoms with Crippen LogP contribution in [0, 0.1) is 6.92 Å². The summed E-state index contributed by atoms with van der Waals surface area (Å²) in [6.45, 7) is 2.42. The summed E-state index contributed by atoms with van der Waals surface area (Å²) in [6, 6.07) is 11.1. The highest BCUT2D eigenvalue weighted by molar-refractivity contribution is 7.99. The zero-order valence-electron chi connectivity index (χ0n) is 14.5. The number of hydrogen-bond acceptors (Lipinski definition) is 5. The molecule has 0 aromatic heterocycles. The molecule has 0 radical (unpaired) electrons. The Kier molecular flexibility index (Phi) is 5.96. The molecule has 1 fully saturated rings. The molecule has 26 heavy (non-hydrogen) atoms. The van der Waals surface area contributed by atoms with Gasteiger partial charge in [0.15, 0.2) is 11.5 Å². The van der Waals surface area contributed by atoms with Gasteiger partial charge in [-0.1, -0.05) is 35.9 Å². The predicted molar refractivity (Wildman–Crippen MR) is 103 cm³/mol. The van der Waals surface area contributed by atoms with E-state index in [1.807, 2.05) is 37.3 Å². The maximum atomic E-state index is 11.1. The van der Waals surface area contributed by atoms with Gasteiger partial charge < -0.3 is 14.6 Å². The number of hydrogen-bond donors (Lipinski definition) is 2. The van der Waals surface area contributed by atoms with Crippen LogP contribution in [0.25, 0.3) is 0 Å². The monoisotopic (exact) mass is 393 g/mol. The minimum absolute atomic E-state index is 0.145. The number of carboxylic acid groups (broad SMARTS) is 1. The number of rotatable bonds is 6. The van der Waals surface area contributed by atoms with E-state index < -0.39 is 12.0 Å². The van der Waals surface area contributed by atoms with Crippen molar-refractivity contribution >= 4 is 29.3 Å². The highest BCUT2D eigenvalue weighted by Gasteiger charge is 2.31. The molecule has 2 atom stereocenters. The summed E-state index contributed by atoms with van der Waals surface area (Å²) >= 11 is 7.97. The smallest absolute Gasteiger partial charge is 0.321 e. The van der Waals surface area contributed by atoms with E-state index in [0.717, 1.165) is 16.7 Å². The second-order valence-electron chi connectivity index (χ2n) is 6.02. The van der Waals surface area contributed by atoms with E-state index in [-0.39, 0.29) is 5.37 Å². The van der Waals surface area contributed by atoms with Crippen LogP contribution >= 0.6 is 23.4 Å². The molecule has 0 aliphatic carbocycles. The molecule has 0 amide bonds. The zero-order chi connectivity index (χ0) is 18.7. The van der Waals surface area contributed by atoms with E-state index in [1.54, 1.807) is 13.2 Å². The van der Waals surface area contributed by atoms with E-state index >= 15 is 0 Å². The SMILES string of the molecule is COc1cc(C2NC(C(=O)O)CS2)cc(Cl)c1OCc1ccccc1C. The number of carboxylic acids is 1. The molecule has 3 rings (SSSR count). The Morgan fingerprint density at radius 3 is 2.81 bits per heavy atom. The molecular weight excluding hydrogens is 374 g/mol. The van der Waals surface area contributed by atoms with Gasteiger partial charge in [-0.25, -0.2) is 0 Å². The number of methoxy groups -OCH3 is 1. The lowest BCUT2D eigenvalue weighted by molar-refractivity contribution is -0.138. The number of carbonyl (C=O) groups is 1. The number of halogens is 1. The highest BCUT2D eigenvalue weighted by atomic mass is 35.5. The van der Waals surface area contributed by atoms with Crippen molar-refractivity contribution in [2.75, 3.05) is 12.9 Å². The van der Waals surface area contributed by atoms with E-state index in [4.69, 9.17) is 26.2 Å². The summed E-state index contributed by atoms with van der Waals surface area (Å²) in [5.74, 6) is 0.670. The standard InChI is InChI=1S/C19H20ClNO4S/c1-11-5-3-4-6-12(11)9-25-17-14(20)7-13(8-16(17)24-2)18-21-15(10-26-18)19(22)23/h3-8,15,18,21H,9-10H2,1-2H3,(H,22,23). The average molecular weight is 394 g/mol. The number of benzene rings is 2. The summed E-state index contributed by atoms with van der Waals surface area (Å²) in [7, 11) is 1.56. The summed E-state index contributed by atoms with van der Waals surface area (Å²) < 4.78 is 11.4. The molecule has 1 saturated heterocycles. The van der Waals surface area contributed by atoms with Crippen LogP contribution in [-0.4, -0.2) is 30.0 Å². The Labute approximate surface area is 161 Å². The van der Waals surface area contributed by atoms with Crippen molar-refractivity contribution in [2.24, 2.45) is 0 Å². The summed E-state index contributed by atoms with van der Waals surface area (Å²) in [4.78, 5) is 11.1. The Morgan fingerprint density at radius 2 is 2.15 bits per heavy atom. The number of ether oxygens (including phenoxy) is 2. The Balaban J connectivity index is 1.79. The van der Waals surface area contributed by atoms with Gasteiger partial charge in [0.25, 0.3) is 0 Å². The van der Waals surface area contributed by atoms with Crippen LogP contribution < -0.4 is 14.8 Å². The minimum atomic E-state index is -0.851. The second kappa shape index (κ2) is 8.20. The maximum Gasteiger partial charge on any atom is 0.321 e. The Hall–Kier alpha value is -1.89. The van der Waals surface area contributed by atoms with Crippen molar-refractivity contribution in [2.45, 2.75) is 24.9 Å². The number of thioether (sulfide) groups is 1. The third-order valence-corrected chi connectivity index (χ3v) is 5.82. The van der Waals surface area contributed by atoms with Gasteiger partial charge in [-0.3, -0.25) is 10.1 Å². The molecule has 2 unspecified atom stereocenters. The molecule has 2 aromatic carbocycles. The van der Waals surface area contributed by atoms with Crippen LogP contribution in [-0.2, 0) is 11.4 Å². The Morgan fingerprint density at radius 1 is 1.38 bits per heavy atom. The summed E-state index contributed by atoms with van der Waals surface area (Å²) in [6.07, 6.45) is 0. The van der Waals surface area contributed by atoms with Crippen molar-refractivity contribution < 1.29 is 19.4 Å². The van der Waals surface area contributed by atoms with Crippen LogP contribution in [0.15, 0.2) is 36.4 Å². The van der Waals surface area contributed by atoms with Gasteiger partial charge in [0.1, 0.15) is 12.6 Å². The lowest BCUT2D eigenvalue weighted by Gasteiger charge is -2.17. The summed E-state index contributed by atoms with van der Waals surface area (Å²) in [5, 5.41) is 12.5. The highest BCUT2D eigenvalue weighted by Crippen LogP contribution is 2.42. The predicted octanol–water partition coefficient (Wildman–Crippen LogP) is 4.02. The largest absolute Gasteiger partial charge is 0.493 e. The molecule has 0 spiro atoms. The first-order valence-electron chi connectivity index (χ1n) is 8.14. The van der Waals surface area contributed by atoms with Crippen molar-refractivity contribution in [3.05, 3.63) is 58.1 Å². The fourth-order valence-corrected chi connectivity index (χ4v) is 4.25. The first-order valence-corrected chi connectivity index (χ1v) is 9.57. The molecule has 7 heteroatoms. The molecule has 1 heterocycles. The molecule has 1 aliphatic heterocycles. The van der Waals surface area contributed by atoms with E-state index in [2.05, 4.69) is 5.32 Å². The molecule has 2 aromatic rings. The van der Waals surface area contributed by atoms with Gasteiger partial charge in [-0.2, -0.15) is 0 Å². The van der Waals surface area contributed by atoms with Gasteiger partial charge in [0, 0.05) is 5.75 Å². The molecule has 1 aliphatic rings. The Bertz CT molecular complexity index is 814. The van der Waals surface area contributed by atoms with Crippen LogP contribution in [0.3, 0.4) is 0 Å². The first kappa shape index (κ1) is 18.9. The number of aryl methyl sites for hydroxylation is 1. The van der Waals surface area contributed by atoms with Crippen molar-refractivity contribution in [3.63, 3.8) is 0 Å². The number of aliphatic carboxylic acids is 1. The maximum absolute atomic E-state index is 11.1. The fraction of sp³-hybridized carbons (Fsp3) is 0.316. The van der Waals surface area contributed by atoms with Crippen molar-refractivity contribution in [3.8, 4) is 11.5 Å². The average Bonchev–Trinajstić information content (AvgIpc) is 3.12. The molecule has 0 saturated carbocycles. The van der Waals surface area contributed by atoms with Crippen LogP contribution in [0.4, 0.5) is 0 Å². The lowest BCUT2D eigenvalue weighted by atomic mass is 10.1. The molecule has 2 N–H and O–H groups in total. The van der Waals surface area contributed by atoms with Crippen molar-refractivity contribution in [1.29, 1.82) is 0 Å². The van der Waals surface area contributed by atoms with Gasteiger partial charge in [0.05, 0.1) is 17.5 Å². The van der Waals surface area contributed by atoms with Crippen LogP contribution in [0.5, 0.6) is 11.5 Å². The first-order chi connectivity index (χ1) is 12.5. The third kappa shape index (κ3) is 4.09. The van der Waals surface area contributed by atoms with Crippen molar-refractivity contribution in [1.82, 2.24) is 5.32 Å². The minimum Gasteiger partial charge on any atom is -0.493 e. The van der Waals surface area contributed by atoms with Gasteiger partial charge >= 0.3 is 5.97 Å². The van der Waals surface area contributed by atoms with Crippen LogP contribution in [0.1, 0.15) is 22.1 Å². The molecular formula is C19H20ClNO4S. The van der Waals surface area contributed by atoms with E-state index in [1.165, 1.54) is 11.8 Å². The zero-order valence-corrected chi connectivity index (χ0v) is 16.1. The fourth-order valence-electron chi connectivity index (χ4n) is 2.76. The molecule has 5 nitrogen and oxygen atoms in total. The molecule has 138 valence electrons. The second-order valence-corrected chi connectivity index (χ2v) is 7.57. The van der Waals surface area contributed by atoms with Gasteiger partial charge in [0.2, 0.25) is 0 Å². The normalized spacial score (nSPS) is 19.3. The topological polar surface area (TPSA) is 67.8 Å². The number of nitrogens with one attached hydrogen (secondary N) is 1. The van der Waals surface area contributed by atoms with E-state index in [9.17, 15) is 4.79 Å². The lowest BCUT2D eigenvalue weighted by Crippen LogP contribution is -2.33. The van der Waals surface area contributed by atoms with Gasteiger partial charge in [-0.15, -0.1) is 11.8 Å². The van der Waals surface area contributed by atoms with Crippen LogP contribution in [0.2, 0.25) is 5.02 Å². The van der Waals surface area contributed by atoms with Gasteiger partial charge in [-0.05, 0) is 35.7 Å². The quantitative estimate of drug-likeness (QED) is 0.772. The van der Waals surface area contributed by atoms with E-state index in [0.29, 0.717) is 28.9 Å².